The Morgan fingerprint density at radius 3 is 2.15 bits per heavy atom. The van der Waals surface area contributed by atoms with Crippen LogP contribution in [-0.4, -0.2) is 26.8 Å². The van der Waals surface area contributed by atoms with Gasteiger partial charge in [-0.05, 0) is 42.0 Å². The van der Waals surface area contributed by atoms with Crippen LogP contribution in [0.25, 0.3) is 0 Å². The van der Waals surface area contributed by atoms with Crippen molar-refractivity contribution in [2.24, 2.45) is 0 Å². The van der Waals surface area contributed by atoms with Crippen LogP contribution in [-0.2, 0) is 21.2 Å². The Bertz CT molecular complexity index is 881. The van der Waals surface area contributed by atoms with Crippen molar-refractivity contribution in [1.82, 2.24) is 15.6 Å². The Morgan fingerprint density at radius 1 is 0.962 bits per heavy atom. The van der Waals surface area contributed by atoms with Gasteiger partial charge in [0.05, 0.1) is 11.3 Å². The summed E-state index contributed by atoms with van der Waals surface area (Å²) in [5.41, 5.74) is 5.26. The lowest BCUT2D eigenvalue weighted by Gasteiger charge is -2.09. The van der Waals surface area contributed by atoms with Crippen molar-refractivity contribution in [2.45, 2.75) is 18.2 Å². The van der Waals surface area contributed by atoms with Crippen molar-refractivity contribution in [3.63, 3.8) is 0 Å². The Kier molecular flexibility index (Phi) is 6.42. The van der Waals surface area contributed by atoms with Crippen LogP contribution in [0.4, 0.5) is 4.39 Å². The van der Waals surface area contributed by atoms with E-state index in [-0.39, 0.29) is 23.4 Å². The zero-order valence-corrected chi connectivity index (χ0v) is 14.8. The number of hydrogen-bond donors (Lipinski definition) is 3. The lowest BCUT2D eigenvalue weighted by molar-refractivity contribution is -0.121. The topological polar surface area (TPSA) is 104 Å². The minimum Gasteiger partial charge on any atom is -0.273 e. The van der Waals surface area contributed by atoms with Crippen molar-refractivity contribution in [1.29, 1.82) is 0 Å². The van der Waals surface area contributed by atoms with Crippen LogP contribution >= 0.6 is 0 Å². The summed E-state index contributed by atoms with van der Waals surface area (Å²) in [6.45, 7) is 1.92. The van der Waals surface area contributed by atoms with E-state index in [1.54, 1.807) is 6.92 Å². The molecule has 0 saturated heterocycles. The van der Waals surface area contributed by atoms with Gasteiger partial charge in [-0.25, -0.2) is 17.5 Å². The van der Waals surface area contributed by atoms with E-state index in [0.29, 0.717) is 5.56 Å². The third-order valence-electron chi connectivity index (χ3n) is 3.35. The highest BCUT2D eigenvalue weighted by Crippen LogP contribution is 2.10. The summed E-state index contributed by atoms with van der Waals surface area (Å²) in [6.07, 6.45) is -0.0274. The molecule has 0 radical (unpaired) electrons. The molecule has 0 aromatic heterocycles. The number of carbonyl (C=O) groups is 2. The largest absolute Gasteiger partial charge is 0.273 e. The van der Waals surface area contributed by atoms with Gasteiger partial charge >= 0.3 is 0 Å². The fourth-order valence-electron chi connectivity index (χ4n) is 2.09. The molecule has 9 heteroatoms. The average molecular weight is 379 g/mol. The predicted octanol–water partition coefficient (Wildman–Crippen LogP) is 1.13. The minimum absolute atomic E-state index is 0.0274. The molecule has 2 aromatic carbocycles. The molecule has 0 atom stereocenters. The highest BCUT2D eigenvalue weighted by atomic mass is 32.2. The number of nitrogens with one attached hydrogen (secondary N) is 3. The first kappa shape index (κ1) is 19.5. The van der Waals surface area contributed by atoms with Crippen molar-refractivity contribution in [3.05, 3.63) is 65.5 Å². The van der Waals surface area contributed by atoms with E-state index in [4.69, 9.17) is 0 Å². The zero-order chi connectivity index (χ0) is 19.2. The number of amides is 2. The molecule has 2 aromatic rings. The normalized spacial score (nSPS) is 11.0. The molecule has 3 N–H and O–H groups in total. The van der Waals surface area contributed by atoms with Crippen molar-refractivity contribution < 1.29 is 22.4 Å². The van der Waals surface area contributed by atoms with Gasteiger partial charge in [0.1, 0.15) is 5.82 Å². The first-order valence-corrected chi connectivity index (χ1v) is 9.23. The van der Waals surface area contributed by atoms with E-state index in [2.05, 4.69) is 15.6 Å². The maximum atomic E-state index is 12.8. The lowest BCUT2D eigenvalue weighted by atomic mass is 10.1. The molecule has 0 spiro atoms. The van der Waals surface area contributed by atoms with Crippen molar-refractivity contribution in [3.8, 4) is 0 Å². The third-order valence-corrected chi connectivity index (χ3v) is 4.92. The van der Waals surface area contributed by atoms with Crippen LogP contribution in [0.5, 0.6) is 0 Å². The van der Waals surface area contributed by atoms with Crippen molar-refractivity contribution >= 4 is 21.8 Å². The smallest absolute Gasteiger partial charge is 0.269 e. The molecule has 2 rings (SSSR count). The molecule has 0 aliphatic heterocycles. The Labute approximate surface area is 150 Å². The summed E-state index contributed by atoms with van der Waals surface area (Å²) in [7, 11) is -3.59. The van der Waals surface area contributed by atoms with Gasteiger partial charge in [0.2, 0.25) is 15.9 Å². The molecule has 0 aliphatic carbocycles. The molecule has 7 nitrogen and oxygen atoms in total. The Balaban J connectivity index is 1.91. The van der Waals surface area contributed by atoms with Crippen LogP contribution in [0.2, 0.25) is 0 Å². The van der Waals surface area contributed by atoms with E-state index in [1.165, 1.54) is 48.5 Å². The monoisotopic (exact) mass is 379 g/mol. The second-order valence-corrected chi connectivity index (χ2v) is 7.10. The van der Waals surface area contributed by atoms with Gasteiger partial charge in [0, 0.05) is 12.1 Å². The first-order valence-electron chi connectivity index (χ1n) is 7.75. The molecule has 0 fully saturated rings. The second-order valence-electron chi connectivity index (χ2n) is 5.33. The van der Waals surface area contributed by atoms with Gasteiger partial charge in [0.15, 0.2) is 0 Å². The molecule has 0 saturated carbocycles. The summed E-state index contributed by atoms with van der Waals surface area (Å²) >= 11 is 0. The summed E-state index contributed by atoms with van der Waals surface area (Å²) in [6, 6.07) is 10.7. The maximum absolute atomic E-state index is 12.8. The first-order chi connectivity index (χ1) is 12.3. The number of rotatable bonds is 6. The number of sulfonamides is 1. The highest BCUT2D eigenvalue weighted by Gasteiger charge is 2.14. The van der Waals surface area contributed by atoms with Crippen molar-refractivity contribution in [2.75, 3.05) is 6.54 Å². The Hall–Kier alpha value is -2.78. The molecular weight excluding hydrogens is 361 g/mol. The Morgan fingerprint density at radius 2 is 1.58 bits per heavy atom. The minimum atomic E-state index is -3.59. The van der Waals surface area contributed by atoms with Crippen LogP contribution in [0.3, 0.4) is 0 Å². The number of carbonyl (C=O) groups excluding carboxylic acids is 2. The lowest BCUT2D eigenvalue weighted by Crippen LogP contribution is -2.42. The summed E-state index contributed by atoms with van der Waals surface area (Å²) in [5.74, 6) is -1.47. The number of hydrogen-bond acceptors (Lipinski definition) is 4. The summed E-state index contributed by atoms with van der Waals surface area (Å²) < 4.78 is 38.8. The van der Waals surface area contributed by atoms with Gasteiger partial charge in [0.25, 0.3) is 5.91 Å². The second kappa shape index (κ2) is 8.54. The maximum Gasteiger partial charge on any atom is 0.269 e. The molecule has 0 bridgehead atoms. The van der Waals surface area contributed by atoms with Gasteiger partial charge in [-0.3, -0.25) is 20.4 Å². The van der Waals surface area contributed by atoms with Gasteiger partial charge in [-0.2, -0.15) is 0 Å². The van der Waals surface area contributed by atoms with Crippen LogP contribution < -0.4 is 15.6 Å². The van der Waals surface area contributed by atoms with Gasteiger partial charge in [-0.15, -0.1) is 0 Å². The molecule has 0 heterocycles. The van der Waals surface area contributed by atoms with E-state index in [0.717, 1.165) is 0 Å². The molecule has 0 aliphatic rings. The molecule has 138 valence electrons. The SMILES string of the molecule is CCNS(=O)(=O)c1ccc(C(=O)NNC(=O)Cc2ccc(F)cc2)cc1. The molecule has 0 unspecified atom stereocenters. The van der Waals surface area contributed by atoms with E-state index in [1.807, 2.05) is 0 Å². The number of hydrazine groups is 1. The van der Waals surface area contributed by atoms with E-state index >= 15 is 0 Å². The van der Waals surface area contributed by atoms with Gasteiger partial charge < -0.3 is 0 Å². The quantitative estimate of drug-likeness (QED) is 0.655. The molecule has 2 amide bonds. The number of benzene rings is 2. The van der Waals surface area contributed by atoms with Gasteiger partial charge in [-0.1, -0.05) is 19.1 Å². The number of halogens is 1. The van der Waals surface area contributed by atoms with Crippen LogP contribution in [0.1, 0.15) is 22.8 Å². The summed E-state index contributed by atoms with van der Waals surface area (Å²) in [5, 5.41) is 0. The fraction of sp³-hybridized carbons (Fsp3) is 0.176. The fourth-order valence-corrected chi connectivity index (χ4v) is 3.13. The highest BCUT2D eigenvalue weighted by molar-refractivity contribution is 7.89. The van der Waals surface area contributed by atoms with Crippen LogP contribution in [0, 0.1) is 5.82 Å². The standard InChI is InChI=1S/C17H18FN3O4S/c1-2-19-26(24,25)15-9-5-13(6-10-15)17(23)21-20-16(22)11-12-3-7-14(18)8-4-12/h3-10,19H,2,11H2,1H3,(H,20,22)(H,21,23). The van der Waals surface area contributed by atoms with E-state index in [9.17, 15) is 22.4 Å². The molecular formula is C17H18FN3O4S. The zero-order valence-electron chi connectivity index (χ0n) is 14.0. The third kappa shape index (κ3) is 5.36. The van der Waals surface area contributed by atoms with Crippen LogP contribution in [0.15, 0.2) is 53.4 Å². The average Bonchev–Trinajstić information content (AvgIpc) is 2.62. The predicted molar refractivity (Wildman–Crippen MR) is 93.0 cm³/mol. The van der Waals surface area contributed by atoms with E-state index < -0.39 is 27.7 Å². The molecule has 26 heavy (non-hydrogen) atoms. The summed E-state index contributed by atoms with van der Waals surface area (Å²) in [4.78, 5) is 23.8.